The Morgan fingerprint density at radius 1 is 1.25 bits per heavy atom. The predicted octanol–water partition coefficient (Wildman–Crippen LogP) is 2.47. The van der Waals surface area contributed by atoms with Gasteiger partial charge in [-0.3, -0.25) is 0 Å². The van der Waals surface area contributed by atoms with Crippen molar-refractivity contribution in [2.75, 3.05) is 19.8 Å². The van der Waals surface area contributed by atoms with Gasteiger partial charge in [0.05, 0.1) is 0 Å². The highest BCUT2D eigenvalue weighted by Gasteiger charge is 2.24. The number of aliphatic hydroxyl groups excluding tert-OH is 1. The summed E-state index contributed by atoms with van der Waals surface area (Å²) in [5.41, 5.74) is -0.443. The molecule has 2 N–H and O–H groups in total. The number of hydrogen-bond donors (Lipinski definition) is 2. The van der Waals surface area contributed by atoms with Gasteiger partial charge < -0.3 is 19.9 Å². The molecule has 0 radical (unpaired) electrons. The Bertz CT molecular complexity index is 280. The number of hydrogen-bond acceptors (Lipinski definition) is 4. The van der Waals surface area contributed by atoms with E-state index in [1.165, 1.54) is 0 Å². The molecule has 1 amide bonds. The van der Waals surface area contributed by atoms with Crippen LogP contribution in [0.4, 0.5) is 4.79 Å². The largest absolute Gasteiger partial charge is 0.444 e. The van der Waals surface area contributed by atoms with E-state index in [1.54, 1.807) is 0 Å². The molecule has 5 heteroatoms. The first-order valence-electron chi connectivity index (χ1n) is 7.59. The molecule has 0 aromatic rings. The maximum Gasteiger partial charge on any atom is 0.407 e. The second-order valence-electron chi connectivity index (χ2n) is 6.52. The van der Waals surface area contributed by atoms with Crippen molar-refractivity contribution in [1.82, 2.24) is 5.32 Å². The third kappa shape index (κ3) is 7.70. The Morgan fingerprint density at radius 3 is 2.45 bits per heavy atom. The lowest BCUT2D eigenvalue weighted by atomic mass is 9.86. The molecule has 0 bridgehead atoms. The molecule has 0 spiro atoms. The predicted molar refractivity (Wildman–Crippen MR) is 77.6 cm³/mol. The third-order valence-electron chi connectivity index (χ3n) is 3.37. The van der Waals surface area contributed by atoms with Crippen LogP contribution < -0.4 is 5.32 Å². The SMILES string of the molecule is CC(C)(C)OC(=O)N[C@H]1CC[C@H](COCCCO)CC1. The van der Waals surface area contributed by atoms with Crippen LogP contribution in [0.15, 0.2) is 0 Å². The minimum Gasteiger partial charge on any atom is -0.444 e. The van der Waals surface area contributed by atoms with Crippen LogP contribution in [0.2, 0.25) is 0 Å². The molecular weight excluding hydrogens is 258 g/mol. The van der Waals surface area contributed by atoms with Crippen LogP contribution in [0, 0.1) is 5.92 Å². The van der Waals surface area contributed by atoms with Crippen molar-refractivity contribution >= 4 is 6.09 Å². The van der Waals surface area contributed by atoms with Gasteiger partial charge >= 0.3 is 6.09 Å². The second-order valence-corrected chi connectivity index (χ2v) is 6.52. The molecule has 1 saturated carbocycles. The van der Waals surface area contributed by atoms with Gasteiger partial charge in [0.25, 0.3) is 0 Å². The van der Waals surface area contributed by atoms with Gasteiger partial charge in [-0.25, -0.2) is 4.79 Å². The molecule has 20 heavy (non-hydrogen) atoms. The van der Waals surface area contributed by atoms with E-state index in [1.807, 2.05) is 20.8 Å². The number of rotatable bonds is 6. The van der Waals surface area contributed by atoms with Gasteiger partial charge in [0, 0.05) is 25.9 Å². The summed E-state index contributed by atoms with van der Waals surface area (Å²) in [5, 5.41) is 11.6. The topological polar surface area (TPSA) is 67.8 Å². The number of nitrogens with one attached hydrogen (secondary N) is 1. The quantitative estimate of drug-likeness (QED) is 0.736. The fourth-order valence-electron chi connectivity index (χ4n) is 2.36. The maximum atomic E-state index is 11.7. The minimum absolute atomic E-state index is 0.187. The summed E-state index contributed by atoms with van der Waals surface area (Å²) >= 11 is 0. The van der Waals surface area contributed by atoms with E-state index in [4.69, 9.17) is 14.6 Å². The summed E-state index contributed by atoms with van der Waals surface area (Å²) < 4.78 is 10.8. The molecule has 1 aliphatic rings. The van der Waals surface area contributed by atoms with Crippen molar-refractivity contribution in [2.24, 2.45) is 5.92 Å². The van der Waals surface area contributed by atoms with E-state index in [-0.39, 0.29) is 18.7 Å². The highest BCUT2D eigenvalue weighted by Crippen LogP contribution is 2.24. The summed E-state index contributed by atoms with van der Waals surface area (Å²) in [6, 6.07) is 0.221. The van der Waals surface area contributed by atoms with Gasteiger partial charge in [-0.05, 0) is 58.8 Å². The van der Waals surface area contributed by atoms with Crippen LogP contribution in [0.25, 0.3) is 0 Å². The van der Waals surface area contributed by atoms with Gasteiger partial charge in [-0.2, -0.15) is 0 Å². The highest BCUT2D eigenvalue weighted by molar-refractivity contribution is 5.68. The second kappa shape index (κ2) is 8.47. The van der Waals surface area contributed by atoms with E-state index < -0.39 is 5.60 Å². The number of carbonyl (C=O) groups excluding carboxylic acids is 1. The summed E-state index contributed by atoms with van der Waals surface area (Å²) in [7, 11) is 0. The molecule has 1 fully saturated rings. The lowest BCUT2D eigenvalue weighted by Gasteiger charge is -2.30. The molecule has 0 heterocycles. The number of carbonyl (C=O) groups is 1. The van der Waals surface area contributed by atoms with Crippen molar-refractivity contribution < 1.29 is 19.4 Å². The van der Waals surface area contributed by atoms with Gasteiger partial charge in [0.1, 0.15) is 5.60 Å². The molecule has 1 aliphatic carbocycles. The molecule has 0 saturated heterocycles. The van der Waals surface area contributed by atoms with Crippen molar-refractivity contribution in [3.05, 3.63) is 0 Å². The first-order valence-corrected chi connectivity index (χ1v) is 7.59. The van der Waals surface area contributed by atoms with Crippen LogP contribution in [-0.2, 0) is 9.47 Å². The van der Waals surface area contributed by atoms with E-state index in [9.17, 15) is 4.79 Å². The van der Waals surface area contributed by atoms with Crippen molar-refractivity contribution in [3.63, 3.8) is 0 Å². The van der Waals surface area contributed by atoms with Gasteiger partial charge in [-0.15, -0.1) is 0 Å². The first kappa shape index (κ1) is 17.2. The molecule has 0 atom stereocenters. The fourth-order valence-corrected chi connectivity index (χ4v) is 2.36. The average Bonchev–Trinajstić information content (AvgIpc) is 2.34. The molecule has 0 aromatic carbocycles. The normalized spacial score (nSPS) is 23.4. The lowest BCUT2D eigenvalue weighted by Crippen LogP contribution is -2.41. The van der Waals surface area contributed by atoms with E-state index in [0.29, 0.717) is 18.9 Å². The monoisotopic (exact) mass is 287 g/mol. The molecule has 0 aromatic heterocycles. The van der Waals surface area contributed by atoms with Crippen molar-refractivity contribution in [1.29, 1.82) is 0 Å². The molecule has 0 unspecified atom stereocenters. The standard InChI is InChI=1S/C15H29NO4/c1-15(2,3)20-14(18)16-13-7-5-12(6-8-13)11-19-10-4-9-17/h12-13,17H,4-11H2,1-3H3,(H,16,18)/t12-,13-. The van der Waals surface area contributed by atoms with Gasteiger partial charge in [0.15, 0.2) is 0 Å². The smallest absolute Gasteiger partial charge is 0.407 e. The Morgan fingerprint density at radius 2 is 1.90 bits per heavy atom. The summed E-state index contributed by atoms with van der Waals surface area (Å²) in [6.45, 7) is 7.19. The zero-order valence-electron chi connectivity index (χ0n) is 13.0. The Kier molecular flexibility index (Phi) is 7.30. The zero-order valence-corrected chi connectivity index (χ0v) is 13.0. The van der Waals surface area contributed by atoms with Crippen LogP contribution in [0.1, 0.15) is 52.9 Å². The number of amides is 1. The van der Waals surface area contributed by atoms with Crippen LogP contribution in [0.3, 0.4) is 0 Å². The third-order valence-corrected chi connectivity index (χ3v) is 3.37. The Balaban J connectivity index is 2.14. The fraction of sp³-hybridized carbons (Fsp3) is 0.933. The molecule has 118 valence electrons. The minimum atomic E-state index is -0.443. The number of ether oxygens (including phenoxy) is 2. The van der Waals surface area contributed by atoms with E-state index in [0.717, 1.165) is 32.3 Å². The summed E-state index contributed by atoms with van der Waals surface area (Å²) in [4.78, 5) is 11.7. The molecule has 1 rings (SSSR count). The summed E-state index contributed by atoms with van der Waals surface area (Å²) in [6.07, 6.45) is 4.48. The van der Waals surface area contributed by atoms with E-state index >= 15 is 0 Å². The number of alkyl carbamates (subject to hydrolysis) is 1. The van der Waals surface area contributed by atoms with Crippen molar-refractivity contribution in [2.45, 2.75) is 64.5 Å². The maximum absolute atomic E-state index is 11.7. The van der Waals surface area contributed by atoms with Crippen LogP contribution in [0.5, 0.6) is 0 Å². The molecule has 0 aliphatic heterocycles. The average molecular weight is 287 g/mol. The zero-order chi connectivity index (χ0) is 15.0. The van der Waals surface area contributed by atoms with Gasteiger partial charge in [-0.1, -0.05) is 0 Å². The molecule has 5 nitrogen and oxygen atoms in total. The highest BCUT2D eigenvalue weighted by atomic mass is 16.6. The Labute approximate surface area is 122 Å². The first-order chi connectivity index (χ1) is 9.40. The van der Waals surface area contributed by atoms with Crippen LogP contribution in [-0.4, -0.2) is 42.7 Å². The van der Waals surface area contributed by atoms with Crippen molar-refractivity contribution in [3.8, 4) is 0 Å². The summed E-state index contributed by atoms with van der Waals surface area (Å²) in [5.74, 6) is 0.574. The van der Waals surface area contributed by atoms with E-state index in [2.05, 4.69) is 5.32 Å². The molecular formula is C15H29NO4. The van der Waals surface area contributed by atoms with Gasteiger partial charge in [0.2, 0.25) is 0 Å². The Hall–Kier alpha value is -0.810. The lowest BCUT2D eigenvalue weighted by molar-refractivity contribution is 0.0457. The van der Waals surface area contributed by atoms with Crippen LogP contribution >= 0.6 is 0 Å². The number of aliphatic hydroxyl groups is 1.